The SMILES string of the molecule is O=C(C1CC(O)CN1)N1CCN(C2CC3CCC2C3)CC1. The van der Waals surface area contributed by atoms with E-state index in [9.17, 15) is 9.90 Å². The maximum Gasteiger partial charge on any atom is 0.239 e. The molecule has 5 unspecified atom stereocenters. The van der Waals surface area contributed by atoms with Gasteiger partial charge in [-0.3, -0.25) is 9.69 Å². The molecule has 5 heteroatoms. The topological polar surface area (TPSA) is 55.8 Å². The van der Waals surface area contributed by atoms with Gasteiger partial charge in [0.15, 0.2) is 0 Å². The van der Waals surface area contributed by atoms with Gasteiger partial charge in [-0.1, -0.05) is 6.42 Å². The summed E-state index contributed by atoms with van der Waals surface area (Å²) in [7, 11) is 0. The number of carbonyl (C=O) groups excluding carboxylic acids is 1. The number of amides is 1. The molecule has 0 spiro atoms. The van der Waals surface area contributed by atoms with Crippen molar-refractivity contribution in [3.63, 3.8) is 0 Å². The van der Waals surface area contributed by atoms with Gasteiger partial charge in [0, 0.05) is 38.8 Å². The Hall–Kier alpha value is -0.650. The number of fused-ring (bicyclic) bond motifs is 2. The summed E-state index contributed by atoms with van der Waals surface area (Å²) >= 11 is 0. The van der Waals surface area contributed by atoms with E-state index >= 15 is 0 Å². The summed E-state index contributed by atoms with van der Waals surface area (Å²) in [6.45, 7) is 4.35. The van der Waals surface area contributed by atoms with Crippen molar-refractivity contribution in [2.24, 2.45) is 11.8 Å². The second-order valence-electron chi connectivity index (χ2n) is 7.45. The van der Waals surface area contributed by atoms with Crippen LogP contribution in [0.15, 0.2) is 0 Å². The standard InChI is InChI=1S/C16H27N3O2/c20-13-9-14(17-10-13)16(21)19-5-3-18(4-6-19)15-8-11-1-2-12(15)7-11/h11-15,17,20H,1-10H2. The van der Waals surface area contributed by atoms with Crippen LogP contribution >= 0.6 is 0 Å². The minimum absolute atomic E-state index is 0.158. The Bertz CT molecular complexity index is 408. The average molecular weight is 293 g/mol. The first-order valence-corrected chi connectivity index (χ1v) is 8.65. The maximum absolute atomic E-state index is 12.4. The van der Waals surface area contributed by atoms with Gasteiger partial charge in [-0.2, -0.15) is 0 Å². The van der Waals surface area contributed by atoms with Crippen LogP contribution in [0.3, 0.4) is 0 Å². The highest BCUT2D eigenvalue weighted by atomic mass is 16.3. The lowest BCUT2D eigenvalue weighted by molar-refractivity contribution is -0.135. The van der Waals surface area contributed by atoms with E-state index < -0.39 is 0 Å². The molecule has 2 N–H and O–H groups in total. The third-order valence-corrected chi connectivity index (χ3v) is 6.20. The van der Waals surface area contributed by atoms with Gasteiger partial charge in [0.05, 0.1) is 12.1 Å². The molecule has 2 saturated heterocycles. The van der Waals surface area contributed by atoms with Gasteiger partial charge in [0.1, 0.15) is 0 Å². The first kappa shape index (κ1) is 14.0. The predicted octanol–water partition coefficient (Wildman–Crippen LogP) is 0.0420. The van der Waals surface area contributed by atoms with Crippen LogP contribution in [-0.2, 0) is 4.79 Å². The second kappa shape index (κ2) is 5.52. The van der Waals surface area contributed by atoms with Gasteiger partial charge in [-0.25, -0.2) is 0 Å². The first-order chi connectivity index (χ1) is 10.2. The average Bonchev–Trinajstić information content (AvgIpc) is 3.23. The summed E-state index contributed by atoms with van der Waals surface area (Å²) in [5.41, 5.74) is 0. The third kappa shape index (κ3) is 2.60. The molecule has 2 aliphatic heterocycles. The van der Waals surface area contributed by atoms with Crippen LogP contribution in [-0.4, -0.2) is 71.7 Å². The molecule has 0 aromatic carbocycles. The molecule has 2 bridgehead atoms. The van der Waals surface area contributed by atoms with Crippen LogP contribution in [0, 0.1) is 11.8 Å². The Morgan fingerprint density at radius 3 is 2.43 bits per heavy atom. The van der Waals surface area contributed by atoms with E-state index in [1.165, 1.54) is 25.7 Å². The molecule has 21 heavy (non-hydrogen) atoms. The van der Waals surface area contributed by atoms with Crippen molar-refractivity contribution in [1.29, 1.82) is 0 Å². The Kier molecular flexibility index (Phi) is 3.67. The minimum atomic E-state index is -0.353. The monoisotopic (exact) mass is 293 g/mol. The molecule has 4 rings (SSSR count). The number of aliphatic hydroxyl groups excluding tert-OH is 1. The van der Waals surface area contributed by atoms with E-state index in [4.69, 9.17) is 0 Å². The lowest BCUT2D eigenvalue weighted by Gasteiger charge is -2.41. The maximum atomic E-state index is 12.4. The zero-order valence-electron chi connectivity index (χ0n) is 12.7. The van der Waals surface area contributed by atoms with Gasteiger partial charge in [0.2, 0.25) is 5.91 Å². The zero-order valence-corrected chi connectivity index (χ0v) is 12.7. The fourth-order valence-electron chi connectivity index (χ4n) is 5.06. The summed E-state index contributed by atoms with van der Waals surface area (Å²) in [6, 6.07) is 0.640. The lowest BCUT2D eigenvalue weighted by Crippen LogP contribution is -2.55. The molecular formula is C16H27N3O2. The van der Waals surface area contributed by atoms with Crippen molar-refractivity contribution in [3.8, 4) is 0 Å². The van der Waals surface area contributed by atoms with E-state index in [-0.39, 0.29) is 18.1 Å². The van der Waals surface area contributed by atoms with Crippen LogP contribution < -0.4 is 5.32 Å². The summed E-state index contributed by atoms with van der Waals surface area (Å²) in [4.78, 5) is 17.1. The van der Waals surface area contributed by atoms with Crippen molar-refractivity contribution in [2.75, 3.05) is 32.7 Å². The number of hydrogen-bond acceptors (Lipinski definition) is 4. The van der Waals surface area contributed by atoms with Gasteiger partial charge < -0.3 is 15.3 Å². The van der Waals surface area contributed by atoms with Crippen LogP contribution in [0.4, 0.5) is 0 Å². The molecule has 0 aromatic rings. The Morgan fingerprint density at radius 1 is 1.05 bits per heavy atom. The van der Waals surface area contributed by atoms with E-state index in [0.29, 0.717) is 13.0 Å². The predicted molar refractivity (Wildman–Crippen MR) is 79.8 cm³/mol. The summed E-state index contributed by atoms with van der Waals surface area (Å²) < 4.78 is 0. The molecule has 4 aliphatic rings. The second-order valence-corrected chi connectivity index (χ2v) is 7.45. The fourth-order valence-corrected chi connectivity index (χ4v) is 5.06. The largest absolute Gasteiger partial charge is 0.392 e. The molecule has 2 saturated carbocycles. The van der Waals surface area contributed by atoms with Crippen molar-refractivity contribution in [3.05, 3.63) is 0 Å². The molecule has 2 heterocycles. The molecule has 0 radical (unpaired) electrons. The normalized spacial score (nSPS) is 43.7. The summed E-state index contributed by atoms with van der Waals surface area (Å²) in [5.74, 6) is 2.12. The number of hydrogen-bond donors (Lipinski definition) is 2. The van der Waals surface area contributed by atoms with Gasteiger partial charge in [0.25, 0.3) is 0 Å². The Morgan fingerprint density at radius 2 is 1.86 bits per heavy atom. The molecule has 4 fully saturated rings. The molecule has 1 amide bonds. The molecular weight excluding hydrogens is 266 g/mol. The van der Waals surface area contributed by atoms with E-state index in [2.05, 4.69) is 10.2 Å². The molecule has 118 valence electrons. The third-order valence-electron chi connectivity index (χ3n) is 6.20. The molecule has 5 atom stereocenters. The van der Waals surface area contributed by atoms with Crippen molar-refractivity contribution in [1.82, 2.24) is 15.1 Å². The number of aliphatic hydroxyl groups is 1. The van der Waals surface area contributed by atoms with Crippen LogP contribution in [0.25, 0.3) is 0 Å². The zero-order chi connectivity index (χ0) is 14.4. The minimum Gasteiger partial charge on any atom is -0.392 e. The first-order valence-electron chi connectivity index (χ1n) is 8.65. The van der Waals surface area contributed by atoms with Crippen molar-refractivity contribution >= 4 is 5.91 Å². The Labute approximate surface area is 126 Å². The quantitative estimate of drug-likeness (QED) is 0.755. The number of β-amino-alcohol motifs (C(OH)–C–C–N with tert-alkyl or cyclic N) is 1. The van der Waals surface area contributed by atoms with Gasteiger partial charge in [-0.05, 0) is 37.5 Å². The van der Waals surface area contributed by atoms with Crippen LogP contribution in [0.1, 0.15) is 32.1 Å². The summed E-state index contributed by atoms with van der Waals surface area (Å²) in [6.07, 6.45) is 5.95. The summed E-state index contributed by atoms with van der Waals surface area (Å²) in [5, 5.41) is 12.7. The number of nitrogens with zero attached hydrogens (tertiary/aromatic N) is 2. The number of nitrogens with one attached hydrogen (secondary N) is 1. The molecule has 2 aliphatic carbocycles. The smallest absolute Gasteiger partial charge is 0.239 e. The number of rotatable bonds is 2. The van der Waals surface area contributed by atoms with E-state index in [1.807, 2.05) is 4.90 Å². The fraction of sp³-hybridized carbons (Fsp3) is 0.938. The van der Waals surface area contributed by atoms with Crippen LogP contribution in [0.5, 0.6) is 0 Å². The van der Waals surface area contributed by atoms with Crippen LogP contribution in [0.2, 0.25) is 0 Å². The van der Waals surface area contributed by atoms with E-state index in [1.54, 1.807) is 0 Å². The highest BCUT2D eigenvalue weighted by molar-refractivity contribution is 5.82. The number of carbonyl (C=O) groups is 1. The van der Waals surface area contributed by atoms with E-state index in [0.717, 1.165) is 44.1 Å². The van der Waals surface area contributed by atoms with Crippen molar-refractivity contribution < 1.29 is 9.90 Å². The highest BCUT2D eigenvalue weighted by Crippen LogP contribution is 2.46. The van der Waals surface area contributed by atoms with Crippen molar-refractivity contribution in [2.45, 2.75) is 50.3 Å². The Balaban J connectivity index is 1.29. The highest BCUT2D eigenvalue weighted by Gasteiger charge is 2.43. The lowest BCUT2D eigenvalue weighted by atomic mass is 9.93. The molecule has 5 nitrogen and oxygen atoms in total. The number of piperazine rings is 1. The van der Waals surface area contributed by atoms with Gasteiger partial charge >= 0.3 is 0 Å². The molecule has 0 aromatic heterocycles. The van der Waals surface area contributed by atoms with Gasteiger partial charge in [-0.15, -0.1) is 0 Å².